The van der Waals surface area contributed by atoms with Crippen LogP contribution in [-0.4, -0.2) is 5.91 Å². The number of nitriles is 1. The summed E-state index contributed by atoms with van der Waals surface area (Å²) >= 11 is 12.1. The van der Waals surface area contributed by atoms with Crippen LogP contribution in [0.15, 0.2) is 60.2 Å². The zero-order valence-electron chi connectivity index (χ0n) is 17.4. The maximum Gasteiger partial charge on any atom is 0.266 e. The van der Waals surface area contributed by atoms with Crippen LogP contribution in [-0.2, 0) is 11.4 Å². The van der Waals surface area contributed by atoms with Crippen LogP contribution in [0.5, 0.6) is 5.75 Å². The van der Waals surface area contributed by atoms with Crippen molar-refractivity contribution in [2.24, 2.45) is 0 Å². The van der Waals surface area contributed by atoms with Crippen LogP contribution in [0.25, 0.3) is 6.08 Å². The first-order valence-corrected chi connectivity index (χ1v) is 10.4. The van der Waals surface area contributed by atoms with E-state index in [1.807, 2.05) is 38.1 Å². The summed E-state index contributed by atoms with van der Waals surface area (Å²) in [5.74, 6) is -0.291. The van der Waals surface area contributed by atoms with E-state index >= 15 is 0 Å². The maximum atomic E-state index is 13.0. The highest BCUT2D eigenvalue weighted by Crippen LogP contribution is 2.28. The van der Waals surface area contributed by atoms with Gasteiger partial charge in [-0.2, -0.15) is 5.26 Å². The number of halogens is 3. The van der Waals surface area contributed by atoms with Gasteiger partial charge < -0.3 is 10.1 Å². The molecule has 0 bridgehead atoms. The highest BCUT2D eigenvalue weighted by atomic mass is 35.5. The lowest BCUT2D eigenvalue weighted by Gasteiger charge is -2.14. The van der Waals surface area contributed by atoms with Gasteiger partial charge in [0.1, 0.15) is 29.8 Å². The van der Waals surface area contributed by atoms with Gasteiger partial charge in [0.15, 0.2) is 0 Å². The van der Waals surface area contributed by atoms with Crippen molar-refractivity contribution in [3.8, 4) is 11.8 Å². The molecule has 3 aromatic rings. The van der Waals surface area contributed by atoms with E-state index < -0.39 is 11.7 Å². The largest absolute Gasteiger partial charge is 0.488 e. The van der Waals surface area contributed by atoms with Crippen molar-refractivity contribution >= 4 is 40.9 Å². The first kappa shape index (κ1) is 23.3. The lowest BCUT2D eigenvalue weighted by molar-refractivity contribution is -0.112. The number of aryl methyl sites for hydroxylation is 2. The van der Waals surface area contributed by atoms with Crippen LogP contribution >= 0.6 is 23.2 Å². The molecule has 0 radical (unpaired) electrons. The molecule has 7 heteroatoms. The van der Waals surface area contributed by atoms with Crippen LogP contribution in [0.2, 0.25) is 10.0 Å². The van der Waals surface area contributed by atoms with E-state index in [4.69, 9.17) is 27.9 Å². The summed E-state index contributed by atoms with van der Waals surface area (Å²) in [7, 11) is 0. The molecule has 0 saturated heterocycles. The Hall–Kier alpha value is -3.33. The van der Waals surface area contributed by atoms with E-state index in [2.05, 4.69) is 5.32 Å². The fourth-order valence-electron chi connectivity index (χ4n) is 3.13. The first-order chi connectivity index (χ1) is 15.3. The number of nitrogens with zero attached hydrogens (tertiary/aromatic N) is 1. The Morgan fingerprint density at radius 1 is 1.09 bits per heavy atom. The fraction of sp³-hybridized carbons (Fsp3) is 0.120. The molecule has 0 saturated carbocycles. The molecule has 3 aromatic carbocycles. The van der Waals surface area contributed by atoms with E-state index in [0.717, 1.165) is 16.7 Å². The van der Waals surface area contributed by atoms with Crippen LogP contribution in [0, 0.1) is 31.0 Å². The number of ether oxygens (including phenoxy) is 1. The topological polar surface area (TPSA) is 62.1 Å². The number of hydrogen-bond acceptors (Lipinski definition) is 3. The highest BCUT2D eigenvalue weighted by molar-refractivity contribution is 6.35. The van der Waals surface area contributed by atoms with Crippen molar-refractivity contribution < 1.29 is 13.9 Å². The molecule has 162 valence electrons. The molecule has 3 rings (SSSR count). The van der Waals surface area contributed by atoms with E-state index in [-0.39, 0.29) is 12.2 Å². The molecule has 4 nitrogen and oxygen atoms in total. The third-order valence-corrected chi connectivity index (χ3v) is 5.23. The standard InChI is InChI=1S/C25H19Cl2FN2O2/c1-15-9-17(11-19(13-29)25(31)30-22-7-5-21(28)6-8-22)10-16(2)24(15)32-14-18-3-4-20(26)12-23(18)27/h3-12H,14H2,1-2H3,(H,30,31)/b19-11+. The molecule has 0 atom stereocenters. The molecule has 0 aliphatic heterocycles. The average Bonchev–Trinajstić information content (AvgIpc) is 2.74. The second-order valence-corrected chi connectivity index (χ2v) is 7.98. The third-order valence-electron chi connectivity index (χ3n) is 4.65. The molecule has 0 unspecified atom stereocenters. The number of amides is 1. The van der Waals surface area contributed by atoms with Gasteiger partial charge in [0.05, 0.1) is 0 Å². The highest BCUT2D eigenvalue weighted by Gasteiger charge is 2.12. The Balaban J connectivity index is 1.77. The van der Waals surface area contributed by atoms with Crippen molar-refractivity contribution in [3.05, 3.63) is 98.3 Å². The third kappa shape index (κ3) is 5.88. The molecule has 32 heavy (non-hydrogen) atoms. The molecule has 0 aliphatic carbocycles. The van der Waals surface area contributed by atoms with Crippen molar-refractivity contribution in [2.45, 2.75) is 20.5 Å². The van der Waals surface area contributed by atoms with Gasteiger partial charge in [-0.15, -0.1) is 0 Å². The molecule has 0 aromatic heterocycles. The number of carbonyl (C=O) groups is 1. The second-order valence-electron chi connectivity index (χ2n) is 7.14. The van der Waals surface area contributed by atoms with Crippen LogP contribution in [0.4, 0.5) is 10.1 Å². The van der Waals surface area contributed by atoms with Crippen molar-refractivity contribution in [1.82, 2.24) is 0 Å². The Morgan fingerprint density at radius 2 is 1.75 bits per heavy atom. The molecule has 0 aliphatic rings. The number of hydrogen-bond donors (Lipinski definition) is 1. The summed E-state index contributed by atoms with van der Waals surface area (Å²) in [4.78, 5) is 12.4. The summed E-state index contributed by atoms with van der Waals surface area (Å²) in [6.07, 6.45) is 1.50. The van der Waals surface area contributed by atoms with Crippen molar-refractivity contribution in [3.63, 3.8) is 0 Å². The maximum absolute atomic E-state index is 13.0. The van der Waals surface area contributed by atoms with Crippen molar-refractivity contribution in [2.75, 3.05) is 5.32 Å². The first-order valence-electron chi connectivity index (χ1n) is 9.63. The predicted octanol–water partition coefficient (Wildman–Crippen LogP) is 6.87. The lowest BCUT2D eigenvalue weighted by Crippen LogP contribution is -2.13. The summed E-state index contributed by atoms with van der Waals surface area (Å²) in [5.41, 5.74) is 3.50. The smallest absolute Gasteiger partial charge is 0.266 e. The molecular weight excluding hydrogens is 450 g/mol. The fourth-order valence-corrected chi connectivity index (χ4v) is 3.59. The Labute approximate surface area is 195 Å². The zero-order valence-corrected chi connectivity index (χ0v) is 18.9. The quantitative estimate of drug-likeness (QED) is 0.316. The SMILES string of the molecule is Cc1cc(/C=C(\C#N)C(=O)Nc2ccc(F)cc2)cc(C)c1OCc1ccc(Cl)cc1Cl. The number of nitrogens with one attached hydrogen (secondary N) is 1. The number of rotatable bonds is 6. The van der Waals surface area contributed by atoms with Gasteiger partial charge in [-0.25, -0.2) is 4.39 Å². The molecule has 1 amide bonds. The summed E-state index contributed by atoms with van der Waals surface area (Å²) in [6.45, 7) is 4.04. The molecule has 0 heterocycles. The van der Waals surface area contributed by atoms with E-state index in [0.29, 0.717) is 27.0 Å². The summed E-state index contributed by atoms with van der Waals surface area (Å²) < 4.78 is 19.0. The van der Waals surface area contributed by atoms with Gasteiger partial charge in [0.25, 0.3) is 5.91 Å². The molecule has 0 fully saturated rings. The number of carbonyl (C=O) groups excluding carboxylic acids is 1. The van der Waals surface area contributed by atoms with Gasteiger partial charge in [-0.05, 0) is 85.1 Å². The molecule has 0 spiro atoms. The lowest BCUT2D eigenvalue weighted by atomic mass is 10.0. The molecule has 1 N–H and O–H groups in total. The second kappa shape index (κ2) is 10.3. The minimum atomic E-state index is -0.577. The summed E-state index contributed by atoms with van der Waals surface area (Å²) in [6, 6.07) is 16.1. The van der Waals surface area contributed by atoms with Crippen LogP contribution in [0.3, 0.4) is 0 Å². The van der Waals surface area contributed by atoms with Crippen molar-refractivity contribution in [1.29, 1.82) is 5.26 Å². The number of anilines is 1. The minimum absolute atomic E-state index is 0.0743. The predicted molar refractivity (Wildman–Crippen MR) is 125 cm³/mol. The average molecular weight is 469 g/mol. The monoisotopic (exact) mass is 468 g/mol. The van der Waals surface area contributed by atoms with Gasteiger partial charge in [0.2, 0.25) is 0 Å². The van der Waals surface area contributed by atoms with Gasteiger partial charge in [-0.1, -0.05) is 29.3 Å². The Kier molecular flexibility index (Phi) is 7.53. The zero-order chi connectivity index (χ0) is 23.3. The summed E-state index contributed by atoms with van der Waals surface area (Å²) in [5, 5.41) is 13.1. The van der Waals surface area contributed by atoms with E-state index in [9.17, 15) is 14.4 Å². The Bertz CT molecular complexity index is 1210. The van der Waals surface area contributed by atoms with Gasteiger partial charge in [0, 0.05) is 21.3 Å². The van der Waals surface area contributed by atoms with Gasteiger partial charge in [-0.3, -0.25) is 4.79 Å². The number of benzene rings is 3. The van der Waals surface area contributed by atoms with E-state index in [1.165, 1.54) is 30.3 Å². The Morgan fingerprint density at radius 3 is 2.34 bits per heavy atom. The minimum Gasteiger partial charge on any atom is -0.488 e. The van der Waals surface area contributed by atoms with Crippen LogP contribution < -0.4 is 10.1 Å². The van der Waals surface area contributed by atoms with Gasteiger partial charge >= 0.3 is 0 Å². The normalized spacial score (nSPS) is 11.1. The molecular formula is C25H19Cl2FN2O2. The van der Waals surface area contributed by atoms with Crippen LogP contribution in [0.1, 0.15) is 22.3 Å². The van der Waals surface area contributed by atoms with E-state index in [1.54, 1.807) is 12.1 Å².